The van der Waals surface area contributed by atoms with Crippen LogP contribution in [0.4, 0.5) is 5.82 Å². The SMILES string of the molecule is COCCn1cnc2cc(C(=O)N(C)[C@H]3CC[C@@](O)(Cn4cnc5c(N)ncnc54)[C@H](O)C3)ccc21. The summed E-state index contributed by atoms with van der Waals surface area (Å²) in [6, 6.07) is 5.24. The number of imidazole rings is 2. The van der Waals surface area contributed by atoms with Crippen LogP contribution in [0.5, 0.6) is 0 Å². The lowest BCUT2D eigenvalue weighted by atomic mass is 9.79. The molecule has 3 atom stereocenters. The van der Waals surface area contributed by atoms with Gasteiger partial charge in [-0.1, -0.05) is 0 Å². The van der Waals surface area contributed by atoms with Gasteiger partial charge in [0.2, 0.25) is 0 Å². The number of aromatic nitrogens is 6. The molecule has 4 N–H and O–H groups in total. The van der Waals surface area contributed by atoms with Crippen molar-refractivity contribution in [1.29, 1.82) is 0 Å². The Balaban J connectivity index is 1.27. The third-order valence-corrected chi connectivity index (χ3v) is 7.17. The van der Waals surface area contributed by atoms with E-state index in [-0.39, 0.29) is 30.7 Å². The van der Waals surface area contributed by atoms with E-state index in [1.165, 1.54) is 12.7 Å². The van der Waals surface area contributed by atoms with E-state index in [9.17, 15) is 15.0 Å². The number of aliphatic hydroxyl groups is 2. The summed E-state index contributed by atoms with van der Waals surface area (Å²) in [5, 5.41) is 22.2. The number of carbonyl (C=O) groups is 1. The first-order chi connectivity index (χ1) is 17.3. The van der Waals surface area contributed by atoms with Gasteiger partial charge in [-0.15, -0.1) is 0 Å². The van der Waals surface area contributed by atoms with Gasteiger partial charge in [-0.2, -0.15) is 0 Å². The molecule has 12 heteroatoms. The Bertz CT molecular complexity index is 1400. The number of anilines is 1. The van der Waals surface area contributed by atoms with E-state index in [0.29, 0.717) is 42.7 Å². The molecule has 12 nitrogen and oxygen atoms in total. The van der Waals surface area contributed by atoms with Gasteiger partial charge in [0.15, 0.2) is 11.5 Å². The van der Waals surface area contributed by atoms with E-state index in [2.05, 4.69) is 19.9 Å². The second kappa shape index (κ2) is 9.45. The van der Waals surface area contributed by atoms with E-state index >= 15 is 0 Å². The lowest BCUT2D eigenvalue weighted by Crippen LogP contribution is -2.54. The largest absolute Gasteiger partial charge is 0.390 e. The maximum Gasteiger partial charge on any atom is 0.253 e. The number of nitrogen functional groups attached to an aromatic ring is 1. The highest BCUT2D eigenvalue weighted by atomic mass is 16.5. The van der Waals surface area contributed by atoms with Gasteiger partial charge in [0, 0.05) is 32.3 Å². The Labute approximate surface area is 207 Å². The molecule has 0 spiro atoms. The van der Waals surface area contributed by atoms with Crippen LogP contribution in [0.1, 0.15) is 29.6 Å². The first-order valence-electron chi connectivity index (χ1n) is 11.8. The van der Waals surface area contributed by atoms with Gasteiger partial charge >= 0.3 is 0 Å². The van der Waals surface area contributed by atoms with Gasteiger partial charge in [-0.3, -0.25) is 4.79 Å². The Kier molecular flexibility index (Phi) is 6.33. The van der Waals surface area contributed by atoms with Crippen molar-refractivity contribution in [3.05, 3.63) is 42.7 Å². The van der Waals surface area contributed by atoms with Crippen molar-refractivity contribution in [2.45, 2.75) is 50.1 Å². The molecular formula is C24H30N8O4. The van der Waals surface area contributed by atoms with Crippen molar-refractivity contribution in [3.63, 3.8) is 0 Å². The number of rotatable bonds is 7. The minimum atomic E-state index is -1.39. The molecule has 4 aromatic rings. The summed E-state index contributed by atoms with van der Waals surface area (Å²) >= 11 is 0. The number of nitrogens with two attached hydrogens (primary N) is 1. The van der Waals surface area contributed by atoms with E-state index in [1.807, 2.05) is 10.6 Å². The second-order valence-corrected chi connectivity index (χ2v) is 9.40. The van der Waals surface area contributed by atoms with E-state index < -0.39 is 11.7 Å². The molecule has 1 saturated carbocycles. The number of methoxy groups -OCH3 is 1. The lowest BCUT2D eigenvalue weighted by molar-refractivity contribution is -0.121. The predicted octanol–water partition coefficient (Wildman–Crippen LogP) is 0.821. The van der Waals surface area contributed by atoms with Crippen LogP contribution in [0.25, 0.3) is 22.2 Å². The van der Waals surface area contributed by atoms with Crippen LogP contribution in [0.3, 0.4) is 0 Å². The van der Waals surface area contributed by atoms with Gasteiger partial charge in [-0.05, 0) is 37.5 Å². The summed E-state index contributed by atoms with van der Waals surface area (Å²) in [4.78, 5) is 31.7. The topological polar surface area (TPSA) is 157 Å². The third kappa shape index (κ3) is 4.27. The first kappa shape index (κ1) is 24.1. The van der Waals surface area contributed by atoms with E-state index in [1.54, 1.807) is 42.1 Å². The number of benzene rings is 1. The van der Waals surface area contributed by atoms with Crippen LogP contribution < -0.4 is 5.73 Å². The molecule has 1 aromatic carbocycles. The molecule has 1 aliphatic carbocycles. The second-order valence-electron chi connectivity index (χ2n) is 9.40. The summed E-state index contributed by atoms with van der Waals surface area (Å²) in [5.74, 6) is 0.105. The van der Waals surface area contributed by atoms with Crippen molar-refractivity contribution in [3.8, 4) is 0 Å². The highest BCUT2D eigenvalue weighted by molar-refractivity contribution is 5.97. The predicted molar refractivity (Wildman–Crippen MR) is 132 cm³/mol. The fourth-order valence-electron chi connectivity index (χ4n) is 4.96. The molecule has 0 saturated heterocycles. The molecule has 1 aliphatic rings. The average Bonchev–Trinajstić information content (AvgIpc) is 3.48. The van der Waals surface area contributed by atoms with Gasteiger partial charge in [0.05, 0.1) is 42.9 Å². The normalized spacial score (nSPS) is 22.3. The first-order valence-corrected chi connectivity index (χ1v) is 11.8. The summed E-state index contributed by atoms with van der Waals surface area (Å²) in [5.41, 5.74) is 7.62. The van der Waals surface area contributed by atoms with Crippen molar-refractivity contribution >= 4 is 33.9 Å². The van der Waals surface area contributed by atoms with E-state index in [0.717, 1.165) is 11.0 Å². The Morgan fingerprint density at radius 3 is 2.83 bits per heavy atom. The summed E-state index contributed by atoms with van der Waals surface area (Å²) in [6.45, 7) is 1.36. The molecule has 3 heterocycles. The Hall–Kier alpha value is -3.61. The van der Waals surface area contributed by atoms with Gasteiger partial charge in [-0.25, -0.2) is 19.9 Å². The third-order valence-electron chi connectivity index (χ3n) is 7.17. The number of hydrogen-bond acceptors (Lipinski definition) is 9. The lowest BCUT2D eigenvalue weighted by Gasteiger charge is -2.43. The van der Waals surface area contributed by atoms with Crippen LogP contribution in [-0.4, -0.2) is 88.6 Å². The van der Waals surface area contributed by atoms with Crippen molar-refractivity contribution in [2.24, 2.45) is 0 Å². The number of amides is 1. The fraction of sp³-hybridized carbons (Fsp3) is 0.458. The standard InChI is InChI=1S/C24H30N8O4/c1-30(23(34)15-3-4-18-17(9-15)28-13-31(18)7-8-36-2)16-5-6-24(35,19(33)10-16)11-32-14-29-20-21(25)26-12-27-22(20)32/h3-4,9,12-14,16,19,33,35H,5-8,10-11H2,1-2H3,(H2,25,26,27)/t16-,19+,24+/m0/s1. The number of hydrogen-bond donors (Lipinski definition) is 3. The zero-order valence-electron chi connectivity index (χ0n) is 20.3. The maximum absolute atomic E-state index is 13.3. The minimum Gasteiger partial charge on any atom is -0.390 e. The molecule has 0 aliphatic heterocycles. The van der Waals surface area contributed by atoms with Crippen LogP contribution in [-0.2, 0) is 17.8 Å². The highest BCUT2D eigenvalue weighted by Crippen LogP contribution is 2.34. The van der Waals surface area contributed by atoms with Crippen LogP contribution in [0.15, 0.2) is 37.2 Å². The number of nitrogens with zero attached hydrogens (tertiary/aromatic N) is 7. The molecule has 1 fully saturated rings. The number of fused-ring (bicyclic) bond motifs is 2. The van der Waals surface area contributed by atoms with Crippen LogP contribution in [0.2, 0.25) is 0 Å². The molecule has 3 aromatic heterocycles. The van der Waals surface area contributed by atoms with Crippen LogP contribution in [0, 0.1) is 0 Å². The molecule has 0 radical (unpaired) electrons. The quantitative estimate of drug-likeness (QED) is 0.338. The number of ether oxygens (including phenoxy) is 1. The number of aliphatic hydroxyl groups excluding tert-OH is 1. The van der Waals surface area contributed by atoms with Crippen molar-refractivity contribution < 1.29 is 19.7 Å². The smallest absolute Gasteiger partial charge is 0.253 e. The minimum absolute atomic E-state index is 0.105. The molecular weight excluding hydrogens is 464 g/mol. The summed E-state index contributed by atoms with van der Waals surface area (Å²) in [6.07, 6.45) is 4.67. The summed E-state index contributed by atoms with van der Waals surface area (Å²) in [7, 11) is 3.38. The highest BCUT2D eigenvalue weighted by Gasteiger charge is 2.43. The monoisotopic (exact) mass is 494 g/mol. The van der Waals surface area contributed by atoms with Crippen molar-refractivity contribution in [2.75, 3.05) is 26.5 Å². The van der Waals surface area contributed by atoms with Gasteiger partial charge in [0.1, 0.15) is 17.4 Å². The molecule has 0 bridgehead atoms. The summed E-state index contributed by atoms with van der Waals surface area (Å²) < 4.78 is 8.80. The Morgan fingerprint density at radius 2 is 2.06 bits per heavy atom. The zero-order valence-corrected chi connectivity index (χ0v) is 20.3. The number of carbonyl (C=O) groups excluding carboxylic acids is 1. The molecule has 0 unspecified atom stereocenters. The average molecular weight is 495 g/mol. The van der Waals surface area contributed by atoms with Crippen LogP contribution >= 0.6 is 0 Å². The molecule has 1 amide bonds. The Morgan fingerprint density at radius 1 is 1.25 bits per heavy atom. The molecule has 190 valence electrons. The maximum atomic E-state index is 13.3. The van der Waals surface area contributed by atoms with Gasteiger partial charge < -0.3 is 34.7 Å². The molecule has 36 heavy (non-hydrogen) atoms. The molecule has 5 rings (SSSR count). The zero-order chi connectivity index (χ0) is 25.4. The van der Waals surface area contributed by atoms with E-state index in [4.69, 9.17) is 10.5 Å². The van der Waals surface area contributed by atoms with Gasteiger partial charge in [0.25, 0.3) is 5.91 Å². The van der Waals surface area contributed by atoms with Crippen molar-refractivity contribution in [1.82, 2.24) is 34.0 Å². The fourth-order valence-corrected chi connectivity index (χ4v) is 4.96.